The Kier molecular flexibility index (Phi) is 4.80. The normalized spacial score (nSPS) is 44.8. The van der Waals surface area contributed by atoms with Crippen LogP contribution in [0.15, 0.2) is 11.8 Å². The number of nitrogens with zero attached hydrogens (tertiary/aromatic N) is 1. The average molecular weight is 400 g/mol. The SMILES string of the molecule is C[C@]12CC[C@H]3[C@@H](CNC4=CC(=O)CC[C@@]43C)[C@@H]1CC[C@@H]2C(=O)NN1CCCCC1. The minimum Gasteiger partial charge on any atom is -0.387 e. The van der Waals surface area contributed by atoms with E-state index >= 15 is 0 Å². The Balaban J connectivity index is 1.34. The highest BCUT2D eigenvalue weighted by Gasteiger charge is 2.60. The largest absolute Gasteiger partial charge is 0.387 e. The summed E-state index contributed by atoms with van der Waals surface area (Å²) in [6.07, 6.45) is 11.8. The molecule has 6 atom stereocenters. The maximum absolute atomic E-state index is 13.2. The molecule has 29 heavy (non-hydrogen) atoms. The molecule has 3 aliphatic carbocycles. The van der Waals surface area contributed by atoms with Crippen LogP contribution >= 0.6 is 0 Å². The molecule has 5 heteroatoms. The number of fused-ring (bicyclic) bond motifs is 5. The van der Waals surface area contributed by atoms with Crippen molar-refractivity contribution in [3.05, 3.63) is 11.8 Å². The number of amides is 1. The zero-order chi connectivity index (χ0) is 20.2. The van der Waals surface area contributed by atoms with Gasteiger partial charge in [0.1, 0.15) is 0 Å². The molecule has 5 rings (SSSR count). The van der Waals surface area contributed by atoms with Gasteiger partial charge in [-0.2, -0.15) is 0 Å². The van der Waals surface area contributed by atoms with E-state index in [0.29, 0.717) is 24.2 Å². The zero-order valence-electron chi connectivity index (χ0n) is 18.1. The van der Waals surface area contributed by atoms with Crippen LogP contribution in [0.4, 0.5) is 0 Å². The van der Waals surface area contributed by atoms with Crippen LogP contribution in [0.25, 0.3) is 0 Å². The van der Waals surface area contributed by atoms with Gasteiger partial charge in [0.25, 0.3) is 0 Å². The summed E-state index contributed by atoms with van der Waals surface area (Å²) in [5, 5.41) is 5.82. The fraction of sp³-hybridized carbons (Fsp3) is 0.833. The number of hydrazine groups is 1. The van der Waals surface area contributed by atoms with Gasteiger partial charge in [0.15, 0.2) is 5.78 Å². The summed E-state index contributed by atoms with van der Waals surface area (Å²) in [5.41, 5.74) is 4.70. The molecule has 0 aromatic carbocycles. The second-order valence-electron chi connectivity index (χ2n) is 10.9. The molecule has 160 valence electrons. The number of hydrogen-bond acceptors (Lipinski definition) is 4. The lowest BCUT2D eigenvalue weighted by Gasteiger charge is -2.58. The topological polar surface area (TPSA) is 61.4 Å². The Morgan fingerprint density at radius 1 is 1.10 bits per heavy atom. The maximum atomic E-state index is 13.2. The summed E-state index contributed by atoms with van der Waals surface area (Å²) >= 11 is 0. The molecule has 0 radical (unpaired) electrons. The Morgan fingerprint density at radius 2 is 1.90 bits per heavy atom. The maximum Gasteiger partial charge on any atom is 0.237 e. The predicted octanol–water partition coefficient (Wildman–Crippen LogP) is 3.42. The van der Waals surface area contributed by atoms with Crippen LogP contribution in [0.5, 0.6) is 0 Å². The average Bonchev–Trinajstić information content (AvgIpc) is 3.06. The van der Waals surface area contributed by atoms with Crippen molar-refractivity contribution >= 4 is 11.7 Å². The number of carbonyl (C=O) groups is 2. The lowest BCUT2D eigenvalue weighted by Crippen LogP contribution is -2.58. The lowest BCUT2D eigenvalue weighted by atomic mass is 9.50. The minimum absolute atomic E-state index is 0.116. The van der Waals surface area contributed by atoms with Crippen LogP contribution in [-0.4, -0.2) is 36.3 Å². The third-order valence-corrected chi connectivity index (χ3v) is 9.54. The van der Waals surface area contributed by atoms with Gasteiger partial charge in [-0.05, 0) is 68.1 Å². The van der Waals surface area contributed by atoms with Gasteiger partial charge in [0.2, 0.25) is 5.91 Å². The first-order valence-corrected chi connectivity index (χ1v) is 12.0. The molecule has 2 aliphatic heterocycles. The van der Waals surface area contributed by atoms with Crippen LogP contribution in [0, 0.1) is 34.5 Å². The van der Waals surface area contributed by atoms with Gasteiger partial charge in [-0.15, -0.1) is 0 Å². The summed E-state index contributed by atoms with van der Waals surface area (Å²) in [7, 11) is 0. The number of ketones is 1. The van der Waals surface area contributed by atoms with Crippen molar-refractivity contribution in [2.75, 3.05) is 19.6 Å². The third-order valence-electron chi connectivity index (χ3n) is 9.54. The van der Waals surface area contributed by atoms with Crippen molar-refractivity contribution in [1.29, 1.82) is 0 Å². The van der Waals surface area contributed by atoms with Crippen molar-refractivity contribution in [3.8, 4) is 0 Å². The summed E-state index contributed by atoms with van der Waals surface area (Å²) < 4.78 is 0. The van der Waals surface area contributed by atoms with E-state index in [1.807, 2.05) is 6.08 Å². The van der Waals surface area contributed by atoms with Gasteiger partial charge in [0.05, 0.1) is 0 Å². The Hall–Kier alpha value is -1.36. The molecule has 0 bridgehead atoms. The van der Waals surface area contributed by atoms with Crippen LogP contribution < -0.4 is 10.7 Å². The molecule has 2 saturated carbocycles. The first-order valence-electron chi connectivity index (χ1n) is 12.0. The highest BCUT2D eigenvalue weighted by atomic mass is 16.2. The molecule has 5 aliphatic rings. The Morgan fingerprint density at radius 3 is 2.69 bits per heavy atom. The first kappa shape index (κ1) is 19.6. The quantitative estimate of drug-likeness (QED) is 0.747. The standard InChI is InChI=1S/C24H37N3O2/c1-23-11-9-19-17(15-25-21-14-16(28)8-10-24(19,21)2)18(23)6-7-20(23)22(29)26-27-12-4-3-5-13-27/h14,17-20,25H,3-13,15H2,1-2H3,(H,26,29)/t17-,18-,19-,20+,23-,24+/m0/s1. The highest BCUT2D eigenvalue weighted by molar-refractivity contribution is 5.91. The molecule has 5 nitrogen and oxygen atoms in total. The van der Waals surface area contributed by atoms with Crippen molar-refractivity contribution < 1.29 is 9.59 Å². The smallest absolute Gasteiger partial charge is 0.237 e. The summed E-state index contributed by atoms with van der Waals surface area (Å²) in [6.45, 7) is 7.76. The van der Waals surface area contributed by atoms with Crippen LogP contribution in [0.3, 0.4) is 0 Å². The molecule has 0 aromatic heterocycles. The second kappa shape index (κ2) is 7.11. The van der Waals surface area contributed by atoms with Crippen molar-refractivity contribution in [1.82, 2.24) is 15.8 Å². The number of rotatable bonds is 2. The lowest BCUT2D eigenvalue weighted by molar-refractivity contribution is -0.137. The van der Waals surface area contributed by atoms with Crippen molar-refractivity contribution in [2.45, 2.75) is 71.6 Å². The molecule has 0 spiro atoms. The Bertz CT molecular complexity index is 728. The fourth-order valence-corrected chi connectivity index (χ4v) is 7.81. The van der Waals surface area contributed by atoms with Gasteiger partial charge < -0.3 is 5.32 Å². The van der Waals surface area contributed by atoms with Crippen LogP contribution in [-0.2, 0) is 9.59 Å². The van der Waals surface area contributed by atoms with Gasteiger partial charge in [-0.1, -0.05) is 20.3 Å². The van der Waals surface area contributed by atoms with Crippen LogP contribution in [0.2, 0.25) is 0 Å². The van der Waals surface area contributed by atoms with E-state index in [1.54, 1.807) is 0 Å². The number of nitrogens with one attached hydrogen (secondary N) is 2. The van der Waals surface area contributed by atoms with E-state index in [0.717, 1.165) is 38.9 Å². The van der Waals surface area contributed by atoms with Crippen LogP contribution in [0.1, 0.15) is 71.6 Å². The third kappa shape index (κ3) is 3.07. The monoisotopic (exact) mass is 399 g/mol. The molecular formula is C24H37N3O2. The van der Waals surface area contributed by atoms with Gasteiger partial charge in [-0.3, -0.25) is 15.0 Å². The van der Waals surface area contributed by atoms with E-state index < -0.39 is 0 Å². The van der Waals surface area contributed by atoms with Gasteiger partial charge in [0, 0.05) is 49.2 Å². The first-order chi connectivity index (χ1) is 13.9. The molecule has 1 amide bonds. The number of allylic oxidation sites excluding steroid dienone is 2. The minimum atomic E-state index is 0.116. The van der Waals surface area contributed by atoms with Gasteiger partial charge in [-0.25, -0.2) is 5.01 Å². The van der Waals surface area contributed by atoms with E-state index in [9.17, 15) is 9.59 Å². The predicted molar refractivity (Wildman–Crippen MR) is 113 cm³/mol. The van der Waals surface area contributed by atoms with Gasteiger partial charge >= 0.3 is 0 Å². The molecule has 2 N–H and O–H groups in total. The zero-order valence-corrected chi connectivity index (χ0v) is 18.1. The summed E-state index contributed by atoms with van der Waals surface area (Å²) in [5.74, 6) is 2.57. The number of piperidine rings is 2. The van der Waals surface area contributed by atoms with Crippen molar-refractivity contribution in [2.24, 2.45) is 34.5 Å². The van der Waals surface area contributed by atoms with E-state index in [1.165, 1.54) is 37.8 Å². The molecule has 2 saturated heterocycles. The van der Waals surface area contributed by atoms with E-state index in [-0.39, 0.29) is 28.4 Å². The molecular weight excluding hydrogens is 362 g/mol. The number of carbonyl (C=O) groups excluding carboxylic acids is 2. The molecule has 4 fully saturated rings. The number of hydrogen-bond donors (Lipinski definition) is 2. The highest BCUT2D eigenvalue weighted by Crippen LogP contribution is 2.64. The van der Waals surface area contributed by atoms with Crippen molar-refractivity contribution in [3.63, 3.8) is 0 Å². The molecule has 2 heterocycles. The second-order valence-corrected chi connectivity index (χ2v) is 10.9. The molecule has 0 unspecified atom stereocenters. The molecule has 0 aromatic rings. The van der Waals surface area contributed by atoms with E-state index in [2.05, 4.69) is 29.6 Å². The Labute approximate surface area is 175 Å². The van der Waals surface area contributed by atoms with E-state index in [4.69, 9.17) is 0 Å². The summed E-state index contributed by atoms with van der Waals surface area (Å²) in [4.78, 5) is 25.2. The fourth-order valence-electron chi connectivity index (χ4n) is 7.81. The summed E-state index contributed by atoms with van der Waals surface area (Å²) in [6, 6.07) is 0.